The van der Waals surface area contributed by atoms with Gasteiger partial charge in [-0.15, -0.1) is 0 Å². The first-order valence-corrected chi connectivity index (χ1v) is 19.7. The Morgan fingerprint density at radius 3 is 2.57 bits per heavy atom. The van der Waals surface area contributed by atoms with E-state index in [0.29, 0.717) is 17.5 Å². The molecule has 0 spiro atoms. The van der Waals surface area contributed by atoms with Gasteiger partial charge in [-0.1, -0.05) is 58.3 Å². The van der Waals surface area contributed by atoms with Crippen LogP contribution in [0.2, 0.25) is 19.6 Å². The highest BCUT2D eigenvalue weighted by Gasteiger charge is 2.42. The molecule has 44 heavy (non-hydrogen) atoms. The summed E-state index contributed by atoms with van der Waals surface area (Å²) in [6.45, 7) is 20.8. The van der Waals surface area contributed by atoms with Crippen LogP contribution in [0.15, 0.2) is 82.5 Å². The number of benzene rings is 2. The summed E-state index contributed by atoms with van der Waals surface area (Å²) in [6.07, 6.45) is 6.48. The standard InChI is InChI=1S/C39H44N3OSi/c1-23(2)17-28-19-36-30-12-10-9-11-29(30)31-16-14-27-20-37-34(32-15-13-24(3)41-39(32)43-37)21-33(27)26(5)40-25(4)18-35(31)42(36)22-38(28)44(6,7)8/h9-13,15,19-23,31,35H,4,14,16-18H2,1-3,5-8H3/q+1. The molecular weight excluding hydrogens is 555 g/mol. The van der Waals surface area contributed by atoms with E-state index < -0.39 is 8.07 Å². The van der Waals surface area contributed by atoms with Gasteiger partial charge in [0.05, 0.1) is 14.5 Å². The Morgan fingerprint density at radius 2 is 1.80 bits per heavy atom. The summed E-state index contributed by atoms with van der Waals surface area (Å²) >= 11 is 0. The lowest BCUT2D eigenvalue weighted by atomic mass is 9.77. The van der Waals surface area contributed by atoms with Crippen LogP contribution >= 0.6 is 0 Å². The van der Waals surface area contributed by atoms with Crippen molar-refractivity contribution in [1.82, 2.24) is 4.98 Å². The number of aryl methyl sites for hydroxylation is 2. The van der Waals surface area contributed by atoms with Crippen molar-refractivity contribution in [3.8, 4) is 11.3 Å². The van der Waals surface area contributed by atoms with Crippen LogP contribution in [0.5, 0.6) is 0 Å². The van der Waals surface area contributed by atoms with Crippen LogP contribution < -0.4 is 9.75 Å². The van der Waals surface area contributed by atoms with Gasteiger partial charge in [0.15, 0.2) is 12.2 Å². The van der Waals surface area contributed by atoms with E-state index in [4.69, 9.17) is 9.41 Å². The van der Waals surface area contributed by atoms with Gasteiger partial charge >= 0.3 is 0 Å². The molecular formula is C39H44N3OSi+. The average Bonchev–Trinajstić information content (AvgIpc) is 3.31. The predicted molar refractivity (Wildman–Crippen MR) is 186 cm³/mol. The Kier molecular flexibility index (Phi) is 7.00. The number of hydrogen-bond donors (Lipinski definition) is 0. The summed E-state index contributed by atoms with van der Waals surface area (Å²) in [5, 5.41) is 3.74. The number of allylic oxidation sites excluding steroid dienone is 1. The number of fused-ring (bicyclic) bond motifs is 10. The maximum absolute atomic E-state index is 6.31. The summed E-state index contributed by atoms with van der Waals surface area (Å²) in [5.74, 6) is 0.964. The molecule has 4 nitrogen and oxygen atoms in total. The van der Waals surface area contributed by atoms with E-state index in [0.717, 1.165) is 59.1 Å². The summed E-state index contributed by atoms with van der Waals surface area (Å²) < 4.78 is 8.93. The van der Waals surface area contributed by atoms with Crippen LogP contribution in [-0.2, 0) is 12.8 Å². The van der Waals surface area contributed by atoms with Gasteiger partial charge < -0.3 is 4.42 Å². The van der Waals surface area contributed by atoms with Gasteiger partial charge in [-0.3, -0.25) is 4.99 Å². The smallest absolute Gasteiger partial charge is 0.227 e. The van der Waals surface area contributed by atoms with Crippen LogP contribution in [0.1, 0.15) is 73.5 Å². The first kappa shape index (κ1) is 28.9. The Hall–Kier alpha value is -3.83. The second-order valence-electron chi connectivity index (χ2n) is 14.5. The molecule has 3 aromatic heterocycles. The van der Waals surface area contributed by atoms with Crippen molar-refractivity contribution in [1.29, 1.82) is 0 Å². The molecule has 0 fully saturated rings. The minimum absolute atomic E-state index is 0.260. The Balaban J connectivity index is 1.40. The third-order valence-electron chi connectivity index (χ3n) is 9.68. The molecule has 2 unspecified atom stereocenters. The lowest BCUT2D eigenvalue weighted by molar-refractivity contribution is -0.717. The van der Waals surface area contributed by atoms with E-state index in [1.54, 1.807) is 5.19 Å². The Morgan fingerprint density at radius 1 is 1.00 bits per heavy atom. The third kappa shape index (κ3) is 4.95. The molecule has 224 valence electrons. The molecule has 0 aliphatic carbocycles. The molecule has 2 atom stereocenters. The minimum atomic E-state index is -1.60. The zero-order valence-electron chi connectivity index (χ0n) is 27.3. The predicted octanol–water partition coefficient (Wildman–Crippen LogP) is 8.99. The van der Waals surface area contributed by atoms with E-state index in [9.17, 15) is 0 Å². The molecule has 2 aliphatic rings. The SMILES string of the molecule is C=C1CC2C(CCc3cc4oc5nc(C)ccc5c4cc3C(C)=N1)c1ccccc1-c1cc(CC(C)C)c([Si](C)(C)C)c[n+]12. The Labute approximate surface area is 262 Å². The lowest BCUT2D eigenvalue weighted by Crippen LogP contribution is -2.54. The fraction of sp³-hybridized carbons (Fsp3) is 0.359. The molecule has 7 rings (SSSR count). The number of hydrogen-bond acceptors (Lipinski definition) is 3. The Bertz CT molecular complexity index is 1990. The topological polar surface area (TPSA) is 42.3 Å². The molecule has 0 N–H and O–H groups in total. The normalized spacial score (nSPS) is 18.5. The van der Waals surface area contributed by atoms with Gasteiger partial charge in [-0.25, -0.2) is 4.98 Å². The summed E-state index contributed by atoms with van der Waals surface area (Å²) in [5.41, 5.74) is 12.7. The van der Waals surface area contributed by atoms with Crippen molar-refractivity contribution in [2.45, 2.75) is 85.0 Å². The molecule has 0 amide bonds. The van der Waals surface area contributed by atoms with Gasteiger partial charge in [0, 0.05) is 50.6 Å². The van der Waals surface area contributed by atoms with Crippen molar-refractivity contribution >= 4 is 41.0 Å². The highest BCUT2D eigenvalue weighted by molar-refractivity contribution is 6.89. The van der Waals surface area contributed by atoms with Crippen LogP contribution in [0.3, 0.4) is 0 Å². The summed E-state index contributed by atoms with van der Waals surface area (Å²) in [4.78, 5) is 9.86. The molecule has 5 heterocycles. The van der Waals surface area contributed by atoms with Gasteiger partial charge in [-0.05, 0) is 91.6 Å². The van der Waals surface area contributed by atoms with Crippen molar-refractivity contribution in [2.75, 3.05) is 0 Å². The zero-order chi connectivity index (χ0) is 30.9. The maximum atomic E-state index is 6.31. The van der Waals surface area contributed by atoms with Crippen LogP contribution in [-0.4, -0.2) is 18.8 Å². The van der Waals surface area contributed by atoms with Gasteiger partial charge in [0.25, 0.3) is 0 Å². The fourth-order valence-corrected chi connectivity index (χ4v) is 9.37. The first-order valence-electron chi connectivity index (χ1n) is 16.2. The van der Waals surface area contributed by atoms with Gasteiger partial charge in [-0.2, -0.15) is 4.57 Å². The van der Waals surface area contributed by atoms with Crippen molar-refractivity contribution < 1.29 is 8.98 Å². The largest absolute Gasteiger partial charge is 0.438 e. The lowest BCUT2D eigenvalue weighted by Gasteiger charge is -2.33. The van der Waals surface area contributed by atoms with Crippen molar-refractivity contribution in [3.05, 3.63) is 101 Å². The molecule has 0 saturated heterocycles. The second kappa shape index (κ2) is 10.7. The highest BCUT2D eigenvalue weighted by atomic mass is 28.3. The second-order valence-corrected chi connectivity index (χ2v) is 19.6. The van der Waals surface area contributed by atoms with Gasteiger partial charge in [0.2, 0.25) is 11.4 Å². The van der Waals surface area contributed by atoms with Crippen molar-refractivity contribution in [3.63, 3.8) is 0 Å². The number of aromatic nitrogens is 2. The van der Waals surface area contributed by atoms with E-state index in [2.05, 4.69) is 117 Å². The monoisotopic (exact) mass is 598 g/mol. The molecule has 0 bridgehead atoms. The van der Waals surface area contributed by atoms with E-state index in [-0.39, 0.29) is 6.04 Å². The van der Waals surface area contributed by atoms with E-state index >= 15 is 0 Å². The summed E-state index contributed by atoms with van der Waals surface area (Å²) in [7, 11) is -1.60. The number of nitrogens with zero attached hydrogens (tertiary/aromatic N) is 3. The molecule has 2 aromatic carbocycles. The third-order valence-corrected chi connectivity index (χ3v) is 11.8. The maximum Gasteiger partial charge on any atom is 0.227 e. The van der Waals surface area contributed by atoms with Crippen LogP contribution in [0.4, 0.5) is 0 Å². The number of furan rings is 1. The quantitative estimate of drug-likeness (QED) is 0.154. The number of pyridine rings is 2. The van der Waals surface area contributed by atoms with Crippen molar-refractivity contribution in [2.24, 2.45) is 10.9 Å². The number of aliphatic imine (C=N–C) groups is 1. The molecule has 2 aliphatic heterocycles. The first-order chi connectivity index (χ1) is 21.0. The van der Waals surface area contributed by atoms with E-state index in [1.807, 2.05) is 6.92 Å². The van der Waals surface area contributed by atoms with Crippen LogP contribution in [0, 0.1) is 12.8 Å². The van der Waals surface area contributed by atoms with Gasteiger partial charge in [0.1, 0.15) is 5.58 Å². The zero-order valence-corrected chi connectivity index (χ0v) is 28.3. The highest BCUT2D eigenvalue weighted by Crippen LogP contribution is 2.44. The minimum Gasteiger partial charge on any atom is -0.438 e. The van der Waals surface area contributed by atoms with Crippen LogP contribution in [0.25, 0.3) is 33.3 Å². The fourth-order valence-electron chi connectivity index (χ4n) is 7.70. The molecule has 5 aromatic rings. The molecule has 0 radical (unpaired) electrons. The average molecular weight is 599 g/mol. The van der Waals surface area contributed by atoms with E-state index in [1.165, 1.54) is 33.5 Å². The molecule has 0 saturated carbocycles. The molecule has 5 heteroatoms. The number of rotatable bonds is 3. The summed E-state index contributed by atoms with van der Waals surface area (Å²) in [6, 6.07) is 20.6.